The third-order valence-electron chi connectivity index (χ3n) is 4.34. The van der Waals surface area contributed by atoms with Crippen LogP contribution < -0.4 is 15.8 Å². The Kier molecular flexibility index (Phi) is 6.61. The lowest BCUT2D eigenvalue weighted by Crippen LogP contribution is -2.44. The van der Waals surface area contributed by atoms with Crippen molar-refractivity contribution in [2.45, 2.75) is 38.8 Å². The minimum atomic E-state index is -0.122. The first-order valence-electron chi connectivity index (χ1n) is 8.43. The summed E-state index contributed by atoms with van der Waals surface area (Å²) in [7, 11) is 1.63. The summed E-state index contributed by atoms with van der Waals surface area (Å²) in [6.45, 7) is 3.60. The Bertz CT molecular complexity index is 549. The van der Waals surface area contributed by atoms with Crippen molar-refractivity contribution in [2.75, 3.05) is 20.2 Å². The average Bonchev–Trinajstić information content (AvgIpc) is 2.59. The molecule has 0 aromatic heterocycles. The van der Waals surface area contributed by atoms with Gasteiger partial charge >= 0.3 is 0 Å². The second-order valence-electron chi connectivity index (χ2n) is 6.40. The second kappa shape index (κ2) is 8.68. The number of hydrogen-bond donors (Lipinski definition) is 2. The maximum Gasteiger partial charge on any atom is 0.224 e. The van der Waals surface area contributed by atoms with E-state index in [1.165, 1.54) is 0 Å². The van der Waals surface area contributed by atoms with E-state index in [9.17, 15) is 9.59 Å². The van der Waals surface area contributed by atoms with Gasteiger partial charge in [-0.25, -0.2) is 0 Å². The Morgan fingerprint density at radius 2 is 1.92 bits per heavy atom. The van der Waals surface area contributed by atoms with E-state index >= 15 is 0 Å². The van der Waals surface area contributed by atoms with Crippen molar-refractivity contribution in [2.24, 2.45) is 11.7 Å². The molecular weight excluding hydrogens is 306 g/mol. The normalized spacial score (nSPS) is 16.5. The quantitative estimate of drug-likeness (QED) is 0.821. The van der Waals surface area contributed by atoms with Crippen LogP contribution in [0.3, 0.4) is 0 Å². The summed E-state index contributed by atoms with van der Waals surface area (Å²) in [5, 5.41) is 2.98. The number of methoxy groups -OCH3 is 1. The molecule has 1 aliphatic heterocycles. The van der Waals surface area contributed by atoms with Gasteiger partial charge in [0.1, 0.15) is 5.75 Å². The molecule has 1 aliphatic rings. The highest BCUT2D eigenvalue weighted by Crippen LogP contribution is 2.18. The van der Waals surface area contributed by atoms with Gasteiger partial charge in [0.05, 0.1) is 7.11 Å². The number of nitrogens with zero attached hydrogens (tertiary/aromatic N) is 1. The number of piperidine rings is 1. The van der Waals surface area contributed by atoms with E-state index in [1.54, 1.807) is 7.11 Å². The van der Waals surface area contributed by atoms with E-state index in [2.05, 4.69) is 5.32 Å². The van der Waals surface area contributed by atoms with Crippen LogP contribution in [0.15, 0.2) is 24.3 Å². The molecule has 1 unspecified atom stereocenters. The Labute approximate surface area is 143 Å². The molecule has 0 bridgehead atoms. The summed E-state index contributed by atoms with van der Waals surface area (Å²) in [6.07, 6.45) is 1.78. The summed E-state index contributed by atoms with van der Waals surface area (Å²) >= 11 is 0. The fraction of sp³-hybridized carbons (Fsp3) is 0.556. The first kappa shape index (κ1) is 18.3. The molecule has 2 amide bonds. The smallest absolute Gasteiger partial charge is 0.224 e. The van der Waals surface area contributed by atoms with Crippen molar-refractivity contribution in [1.82, 2.24) is 10.2 Å². The van der Waals surface area contributed by atoms with Crippen LogP contribution in [-0.2, 0) is 16.1 Å². The van der Waals surface area contributed by atoms with Crippen LogP contribution >= 0.6 is 0 Å². The van der Waals surface area contributed by atoms with Crippen molar-refractivity contribution in [3.63, 3.8) is 0 Å². The van der Waals surface area contributed by atoms with Crippen LogP contribution in [0.2, 0.25) is 0 Å². The number of carbonyl (C=O) groups is 2. The highest BCUT2D eigenvalue weighted by atomic mass is 16.5. The zero-order valence-electron chi connectivity index (χ0n) is 14.5. The number of amides is 2. The van der Waals surface area contributed by atoms with Crippen LogP contribution in [-0.4, -0.2) is 43.0 Å². The minimum absolute atomic E-state index is 0.0254. The van der Waals surface area contributed by atoms with Gasteiger partial charge in [-0.2, -0.15) is 0 Å². The van der Waals surface area contributed by atoms with Crippen LogP contribution in [0.4, 0.5) is 0 Å². The van der Waals surface area contributed by atoms with Crippen molar-refractivity contribution >= 4 is 11.8 Å². The number of ether oxygens (including phenoxy) is 1. The number of carbonyl (C=O) groups excluding carboxylic acids is 2. The number of rotatable bonds is 6. The maximum atomic E-state index is 12.3. The van der Waals surface area contributed by atoms with Crippen molar-refractivity contribution < 1.29 is 14.3 Å². The van der Waals surface area contributed by atoms with Gasteiger partial charge in [0.25, 0.3) is 0 Å². The minimum Gasteiger partial charge on any atom is -0.497 e. The van der Waals surface area contributed by atoms with E-state index in [0.29, 0.717) is 38.9 Å². The molecule has 0 aliphatic carbocycles. The summed E-state index contributed by atoms with van der Waals surface area (Å²) < 4.78 is 5.12. The van der Waals surface area contributed by atoms with Gasteiger partial charge < -0.3 is 20.7 Å². The summed E-state index contributed by atoms with van der Waals surface area (Å²) in [5.74, 6) is 0.920. The fourth-order valence-corrected chi connectivity index (χ4v) is 2.87. The number of nitrogens with one attached hydrogen (secondary N) is 1. The van der Waals surface area contributed by atoms with E-state index in [-0.39, 0.29) is 23.8 Å². The molecule has 2 rings (SSSR count). The molecule has 1 saturated heterocycles. The van der Waals surface area contributed by atoms with Crippen LogP contribution in [0.1, 0.15) is 31.7 Å². The number of likely N-dealkylation sites (tertiary alicyclic amines) is 1. The molecule has 1 aromatic rings. The highest BCUT2D eigenvalue weighted by Gasteiger charge is 2.27. The molecular formula is C18H27N3O3. The SMILES string of the molecule is COc1ccc(CNC(=O)C2CCN(C(=O)CC(C)N)CC2)cc1. The van der Waals surface area contributed by atoms with Crippen molar-refractivity contribution in [1.29, 1.82) is 0 Å². The molecule has 132 valence electrons. The Morgan fingerprint density at radius 1 is 1.29 bits per heavy atom. The lowest BCUT2D eigenvalue weighted by atomic mass is 9.95. The lowest BCUT2D eigenvalue weighted by Gasteiger charge is -2.31. The Hall–Kier alpha value is -2.08. The van der Waals surface area contributed by atoms with Crippen molar-refractivity contribution in [3.8, 4) is 5.75 Å². The first-order valence-corrected chi connectivity index (χ1v) is 8.43. The third-order valence-corrected chi connectivity index (χ3v) is 4.34. The van der Waals surface area contributed by atoms with Gasteiger partial charge in [-0.05, 0) is 37.5 Å². The predicted octanol–water partition coefficient (Wildman–Crippen LogP) is 1.29. The summed E-state index contributed by atoms with van der Waals surface area (Å²) in [4.78, 5) is 26.1. The Balaban J connectivity index is 1.75. The molecule has 0 radical (unpaired) electrons. The maximum absolute atomic E-state index is 12.3. The van der Waals surface area contributed by atoms with Crippen LogP contribution in [0, 0.1) is 5.92 Å². The molecule has 1 fully saturated rings. The van der Waals surface area contributed by atoms with Crippen LogP contribution in [0.25, 0.3) is 0 Å². The van der Waals surface area contributed by atoms with Gasteiger partial charge in [0.2, 0.25) is 11.8 Å². The molecule has 1 atom stereocenters. The standard InChI is InChI=1S/C18H27N3O3/c1-13(19)11-17(22)21-9-7-15(8-10-21)18(23)20-12-14-3-5-16(24-2)6-4-14/h3-6,13,15H,7-12,19H2,1-2H3,(H,20,23). The number of benzene rings is 1. The van der Waals surface area contributed by atoms with E-state index in [0.717, 1.165) is 11.3 Å². The lowest BCUT2D eigenvalue weighted by molar-refractivity contribution is -0.135. The molecule has 6 heteroatoms. The predicted molar refractivity (Wildman–Crippen MR) is 92.4 cm³/mol. The monoisotopic (exact) mass is 333 g/mol. The molecule has 1 heterocycles. The van der Waals surface area contributed by atoms with Gasteiger partial charge in [-0.3, -0.25) is 9.59 Å². The molecule has 0 saturated carbocycles. The second-order valence-corrected chi connectivity index (χ2v) is 6.40. The molecule has 0 spiro atoms. The molecule has 6 nitrogen and oxygen atoms in total. The zero-order valence-corrected chi connectivity index (χ0v) is 14.5. The van der Waals surface area contributed by atoms with E-state index < -0.39 is 0 Å². The molecule has 3 N–H and O–H groups in total. The summed E-state index contributed by atoms with van der Waals surface area (Å²) in [5.41, 5.74) is 6.70. The summed E-state index contributed by atoms with van der Waals surface area (Å²) in [6, 6.07) is 7.51. The van der Waals surface area contributed by atoms with Gasteiger partial charge in [0.15, 0.2) is 0 Å². The fourth-order valence-electron chi connectivity index (χ4n) is 2.87. The Morgan fingerprint density at radius 3 is 2.46 bits per heavy atom. The topological polar surface area (TPSA) is 84.7 Å². The number of nitrogens with two attached hydrogens (primary N) is 1. The van der Waals surface area contributed by atoms with E-state index in [1.807, 2.05) is 36.1 Å². The van der Waals surface area contributed by atoms with Gasteiger partial charge in [0, 0.05) is 38.0 Å². The molecule has 24 heavy (non-hydrogen) atoms. The van der Waals surface area contributed by atoms with E-state index in [4.69, 9.17) is 10.5 Å². The molecule has 1 aromatic carbocycles. The third kappa shape index (κ3) is 5.23. The van der Waals surface area contributed by atoms with Crippen molar-refractivity contribution in [3.05, 3.63) is 29.8 Å². The first-order chi connectivity index (χ1) is 11.5. The van der Waals surface area contributed by atoms with Gasteiger partial charge in [-0.15, -0.1) is 0 Å². The van der Waals surface area contributed by atoms with Gasteiger partial charge in [-0.1, -0.05) is 12.1 Å². The average molecular weight is 333 g/mol. The number of hydrogen-bond acceptors (Lipinski definition) is 4. The zero-order chi connectivity index (χ0) is 17.5. The largest absolute Gasteiger partial charge is 0.497 e. The van der Waals surface area contributed by atoms with Crippen LogP contribution in [0.5, 0.6) is 5.75 Å². The highest BCUT2D eigenvalue weighted by molar-refractivity contribution is 5.80.